The first-order chi connectivity index (χ1) is 9.08. The average Bonchev–Trinajstić information content (AvgIpc) is 2.42. The normalized spacial score (nSPS) is 16.1. The molecule has 6 heteroatoms. The maximum Gasteiger partial charge on any atom is 0.271 e. The average molecular weight is 327 g/mol. The minimum Gasteiger partial charge on any atom is -0.325 e. The van der Waals surface area contributed by atoms with E-state index in [1.165, 1.54) is 18.6 Å². The first-order valence-corrected chi connectivity index (χ1v) is 7.12. The molecule has 0 saturated heterocycles. The lowest BCUT2D eigenvalue weighted by atomic mass is 9.88. The van der Waals surface area contributed by atoms with Crippen LogP contribution < -0.4 is 5.32 Å². The summed E-state index contributed by atoms with van der Waals surface area (Å²) in [4.78, 5) is 22.4. The third-order valence-corrected chi connectivity index (χ3v) is 4.09. The van der Waals surface area contributed by atoms with Gasteiger partial charge in [-0.2, -0.15) is 0 Å². The second-order valence-corrected chi connectivity index (χ2v) is 5.60. The summed E-state index contributed by atoms with van der Waals surface area (Å²) in [5.41, 5.74) is 0.437. The van der Waals surface area contributed by atoms with Crippen LogP contribution in [0, 0.1) is 16.0 Å². The molecule has 0 bridgehead atoms. The standard InChI is InChI=1S/C13H15BrN2O3/c14-11-7-6-10(16(18)19)8-12(11)15-13(17)9-4-2-1-3-5-9/h6-9H,1-5H2,(H,15,17). The molecule has 0 aromatic heterocycles. The zero-order valence-electron chi connectivity index (χ0n) is 10.4. The summed E-state index contributed by atoms with van der Waals surface area (Å²) in [6.07, 6.45) is 5.14. The highest BCUT2D eigenvalue weighted by atomic mass is 79.9. The van der Waals surface area contributed by atoms with Crippen LogP contribution in [0.25, 0.3) is 0 Å². The quantitative estimate of drug-likeness (QED) is 0.676. The van der Waals surface area contributed by atoms with Gasteiger partial charge in [-0.3, -0.25) is 14.9 Å². The Balaban J connectivity index is 2.11. The Hall–Kier alpha value is -1.43. The highest BCUT2D eigenvalue weighted by Gasteiger charge is 2.22. The number of rotatable bonds is 3. The Morgan fingerprint density at radius 2 is 2.00 bits per heavy atom. The van der Waals surface area contributed by atoms with Crippen molar-refractivity contribution in [3.63, 3.8) is 0 Å². The zero-order chi connectivity index (χ0) is 13.8. The third-order valence-electron chi connectivity index (χ3n) is 3.39. The first-order valence-electron chi connectivity index (χ1n) is 6.33. The summed E-state index contributed by atoms with van der Waals surface area (Å²) in [5.74, 6) is -0.0131. The number of benzene rings is 1. The number of halogens is 1. The molecule has 1 saturated carbocycles. The molecule has 0 radical (unpaired) electrons. The van der Waals surface area contributed by atoms with Crippen molar-refractivity contribution in [2.75, 3.05) is 5.32 Å². The van der Waals surface area contributed by atoms with Gasteiger partial charge in [-0.25, -0.2) is 0 Å². The summed E-state index contributed by atoms with van der Waals surface area (Å²) in [5, 5.41) is 13.5. The van der Waals surface area contributed by atoms with E-state index in [1.54, 1.807) is 6.07 Å². The van der Waals surface area contributed by atoms with E-state index in [1.807, 2.05) is 0 Å². The number of nitrogens with zero attached hydrogens (tertiary/aromatic N) is 1. The van der Waals surface area contributed by atoms with Gasteiger partial charge >= 0.3 is 0 Å². The van der Waals surface area contributed by atoms with Crippen LogP contribution in [0.2, 0.25) is 0 Å². The summed E-state index contributed by atoms with van der Waals surface area (Å²) in [6, 6.07) is 4.36. The molecule has 1 N–H and O–H groups in total. The number of amides is 1. The van der Waals surface area contributed by atoms with Gasteiger partial charge in [0.1, 0.15) is 0 Å². The maximum absolute atomic E-state index is 12.1. The van der Waals surface area contributed by atoms with Crippen LogP contribution in [0.1, 0.15) is 32.1 Å². The lowest BCUT2D eigenvalue weighted by molar-refractivity contribution is -0.384. The predicted molar refractivity (Wildman–Crippen MR) is 76.0 cm³/mol. The highest BCUT2D eigenvalue weighted by molar-refractivity contribution is 9.10. The molecule has 0 aliphatic heterocycles. The monoisotopic (exact) mass is 326 g/mol. The molecule has 5 nitrogen and oxygen atoms in total. The lowest BCUT2D eigenvalue weighted by Crippen LogP contribution is -2.24. The van der Waals surface area contributed by atoms with Crippen LogP contribution in [0.15, 0.2) is 22.7 Å². The van der Waals surface area contributed by atoms with Gasteiger partial charge in [0.15, 0.2) is 0 Å². The number of hydrogen-bond donors (Lipinski definition) is 1. The molecule has 0 heterocycles. The van der Waals surface area contributed by atoms with E-state index in [0.717, 1.165) is 25.7 Å². The molecular formula is C13H15BrN2O3. The van der Waals surface area contributed by atoms with Crippen LogP contribution in [-0.4, -0.2) is 10.8 Å². The smallest absolute Gasteiger partial charge is 0.271 e. The van der Waals surface area contributed by atoms with Crippen LogP contribution in [0.4, 0.5) is 11.4 Å². The SMILES string of the molecule is O=C(Nc1cc([N+](=O)[O-])ccc1Br)C1CCCCC1. The van der Waals surface area contributed by atoms with Gasteiger partial charge in [0, 0.05) is 22.5 Å². The van der Waals surface area contributed by atoms with Crippen molar-refractivity contribution in [2.24, 2.45) is 5.92 Å². The van der Waals surface area contributed by atoms with Crippen LogP contribution in [0.5, 0.6) is 0 Å². The lowest BCUT2D eigenvalue weighted by Gasteiger charge is -2.21. The van der Waals surface area contributed by atoms with Gasteiger partial charge in [0.2, 0.25) is 5.91 Å². The Bertz CT molecular complexity index is 499. The Morgan fingerprint density at radius 3 is 2.63 bits per heavy atom. The molecule has 2 rings (SSSR count). The van der Waals surface area contributed by atoms with Crippen LogP contribution in [0.3, 0.4) is 0 Å². The number of nitro benzene ring substituents is 1. The van der Waals surface area contributed by atoms with Gasteiger partial charge in [-0.15, -0.1) is 0 Å². The van der Waals surface area contributed by atoms with E-state index < -0.39 is 4.92 Å². The Morgan fingerprint density at radius 1 is 1.32 bits per heavy atom. The summed E-state index contributed by atoms with van der Waals surface area (Å²) >= 11 is 3.29. The second-order valence-electron chi connectivity index (χ2n) is 4.75. The van der Waals surface area contributed by atoms with Gasteiger partial charge < -0.3 is 5.32 Å². The van der Waals surface area contributed by atoms with Crippen molar-refractivity contribution in [3.05, 3.63) is 32.8 Å². The van der Waals surface area contributed by atoms with E-state index in [2.05, 4.69) is 21.2 Å². The van der Waals surface area contributed by atoms with Gasteiger partial charge in [0.05, 0.1) is 10.6 Å². The van der Waals surface area contributed by atoms with Crippen molar-refractivity contribution >= 4 is 33.2 Å². The van der Waals surface area contributed by atoms with Crippen molar-refractivity contribution < 1.29 is 9.72 Å². The van der Waals surface area contributed by atoms with Crippen molar-refractivity contribution in [1.29, 1.82) is 0 Å². The molecule has 102 valence electrons. The molecule has 1 aromatic carbocycles. The van der Waals surface area contributed by atoms with Gasteiger partial charge in [0.25, 0.3) is 5.69 Å². The number of carbonyl (C=O) groups is 1. The minimum atomic E-state index is -0.470. The van der Waals surface area contributed by atoms with Gasteiger partial charge in [-0.05, 0) is 34.8 Å². The number of nitrogens with one attached hydrogen (secondary N) is 1. The van der Waals surface area contributed by atoms with Crippen LogP contribution >= 0.6 is 15.9 Å². The molecule has 0 spiro atoms. The topological polar surface area (TPSA) is 72.2 Å². The van der Waals surface area contributed by atoms with E-state index in [4.69, 9.17) is 0 Å². The summed E-state index contributed by atoms with van der Waals surface area (Å²) in [7, 11) is 0. The van der Waals surface area contributed by atoms with E-state index in [-0.39, 0.29) is 17.5 Å². The fourth-order valence-corrected chi connectivity index (χ4v) is 2.67. The molecular weight excluding hydrogens is 312 g/mol. The number of carbonyl (C=O) groups excluding carboxylic acids is 1. The molecule has 0 unspecified atom stereocenters. The fraction of sp³-hybridized carbons (Fsp3) is 0.462. The fourth-order valence-electron chi connectivity index (χ4n) is 2.32. The Kier molecular flexibility index (Phi) is 4.52. The summed E-state index contributed by atoms with van der Waals surface area (Å²) in [6.45, 7) is 0. The number of hydrogen-bond acceptors (Lipinski definition) is 3. The molecule has 1 aromatic rings. The molecule has 1 aliphatic carbocycles. The molecule has 1 amide bonds. The van der Waals surface area contributed by atoms with E-state index in [9.17, 15) is 14.9 Å². The second kappa shape index (κ2) is 6.14. The molecule has 1 aliphatic rings. The largest absolute Gasteiger partial charge is 0.325 e. The van der Waals surface area contributed by atoms with Crippen molar-refractivity contribution in [3.8, 4) is 0 Å². The number of nitro groups is 1. The zero-order valence-corrected chi connectivity index (χ0v) is 12.0. The predicted octanol–water partition coefficient (Wildman–Crippen LogP) is 3.88. The minimum absolute atomic E-state index is 0.0258. The first kappa shape index (κ1) is 14.0. The van der Waals surface area contributed by atoms with Gasteiger partial charge in [-0.1, -0.05) is 19.3 Å². The number of non-ortho nitro benzene ring substituents is 1. The third kappa shape index (κ3) is 3.53. The summed E-state index contributed by atoms with van der Waals surface area (Å²) < 4.78 is 0.655. The maximum atomic E-state index is 12.1. The van der Waals surface area contributed by atoms with Crippen molar-refractivity contribution in [2.45, 2.75) is 32.1 Å². The molecule has 19 heavy (non-hydrogen) atoms. The Labute approximate surface area is 119 Å². The van der Waals surface area contributed by atoms with Crippen LogP contribution in [-0.2, 0) is 4.79 Å². The van der Waals surface area contributed by atoms with Crippen molar-refractivity contribution in [1.82, 2.24) is 0 Å². The molecule has 1 fully saturated rings. The highest BCUT2D eigenvalue weighted by Crippen LogP contribution is 2.29. The molecule has 0 atom stereocenters. The van der Waals surface area contributed by atoms with E-state index >= 15 is 0 Å². The number of anilines is 1. The van der Waals surface area contributed by atoms with E-state index in [0.29, 0.717) is 10.2 Å².